The zero-order valence-electron chi connectivity index (χ0n) is 29.4. The van der Waals surface area contributed by atoms with Gasteiger partial charge < -0.3 is 35.6 Å². The number of nitrogens with two attached hydrogens (primary N) is 1. The van der Waals surface area contributed by atoms with Gasteiger partial charge in [0.1, 0.15) is 30.0 Å². The molecule has 266 valence electrons. The number of hydrogen-bond acceptors (Lipinski definition) is 9. The van der Waals surface area contributed by atoms with Crippen LogP contribution >= 0.6 is 0 Å². The van der Waals surface area contributed by atoms with Gasteiger partial charge in [0.05, 0.1) is 22.6 Å². The van der Waals surface area contributed by atoms with Gasteiger partial charge in [-0.1, -0.05) is 109 Å². The number of benzene rings is 1. The minimum absolute atomic E-state index is 0.117. The molecular weight excluding hydrogens is 610 g/mol. The Morgan fingerprint density at radius 3 is 2.17 bits per heavy atom. The maximum absolute atomic E-state index is 13.5. The molecule has 9 atom stereocenters. The second-order valence-electron chi connectivity index (χ2n) is 15.6. The lowest BCUT2D eigenvalue weighted by atomic mass is 9.58. The number of ether oxygens (including phenoxy) is 2. The van der Waals surface area contributed by atoms with Crippen LogP contribution in [-0.2, 0) is 14.3 Å². The summed E-state index contributed by atoms with van der Waals surface area (Å²) in [7, 11) is 0. The number of carbonyl (C=O) groups is 2. The van der Waals surface area contributed by atoms with Crippen LogP contribution in [0.3, 0.4) is 0 Å². The van der Waals surface area contributed by atoms with E-state index >= 15 is 0 Å². The molecule has 1 aromatic rings. The molecule has 1 spiro atoms. The van der Waals surface area contributed by atoms with E-state index in [4.69, 9.17) is 15.2 Å². The molecule has 0 saturated heterocycles. The summed E-state index contributed by atoms with van der Waals surface area (Å²) in [6.45, 7) is 9.16. The van der Waals surface area contributed by atoms with Crippen molar-refractivity contribution in [1.29, 1.82) is 0 Å². The standard InChI is InChI=1S/C39H57NO8/c1-6-7-8-9-10-11-12-13-17-20-30(41)48-37-23-26(3)36-22-25(2)31(42)38(36,46)32(43)28(24-47-34(45)27-18-15-14-16-19-27)21-29(33(36)44)39(37,40)35(37,4)5/h14-16,18-19,21-22,26,29,31-33,42-44,46H,6-13,17,20,23-24,40H2,1-5H3/t26-,29-,31+,32-,33?,36+,37-,38-,39+/m1/s1. The van der Waals surface area contributed by atoms with E-state index in [2.05, 4.69) is 6.92 Å². The van der Waals surface area contributed by atoms with Crippen LogP contribution < -0.4 is 5.73 Å². The highest BCUT2D eigenvalue weighted by Gasteiger charge is 2.90. The predicted molar refractivity (Wildman–Crippen MR) is 183 cm³/mol. The molecule has 48 heavy (non-hydrogen) atoms. The predicted octanol–water partition coefficient (Wildman–Crippen LogP) is 5.14. The Kier molecular flexibility index (Phi) is 10.4. The zero-order valence-corrected chi connectivity index (χ0v) is 29.4. The normalized spacial score (nSPS) is 37.7. The van der Waals surface area contributed by atoms with Crippen LogP contribution in [0.25, 0.3) is 0 Å². The van der Waals surface area contributed by atoms with Crippen LogP contribution in [0.15, 0.2) is 53.6 Å². The Morgan fingerprint density at radius 2 is 1.54 bits per heavy atom. The molecule has 9 heteroatoms. The number of fused-ring (bicyclic) bond motifs is 3. The van der Waals surface area contributed by atoms with Gasteiger partial charge in [-0.15, -0.1) is 0 Å². The summed E-state index contributed by atoms with van der Waals surface area (Å²) in [5, 5.41) is 48.3. The minimum Gasteiger partial charge on any atom is -0.457 e. The third kappa shape index (κ3) is 5.39. The van der Waals surface area contributed by atoms with Crippen molar-refractivity contribution in [1.82, 2.24) is 0 Å². The largest absolute Gasteiger partial charge is 0.457 e. The van der Waals surface area contributed by atoms with Crippen molar-refractivity contribution < 1.29 is 39.5 Å². The zero-order chi connectivity index (χ0) is 35.1. The van der Waals surface area contributed by atoms with E-state index in [0.717, 1.165) is 19.3 Å². The fraction of sp³-hybridized carbons (Fsp3) is 0.692. The molecule has 0 radical (unpaired) electrons. The van der Waals surface area contributed by atoms with E-state index in [1.807, 2.05) is 20.8 Å². The number of unbranched alkanes of at least 4 members (excludes halogenated alkanes) is 8. The molecule has 4 aliphatic rings. The Hall–Kier alpha value is -2.56. The van der Waals surface area contributed by atoms with Crippen LogP contribution in [0.5, 0.6) is 0 Å². The molecule has 6 N–H and O–H groups in total. The van der Waals surface area contributed by atoms with E-state index in [1.54, 1.807) is 49.4 Å². The summed E-state index contributed by atoms with van der Waals surface area (Å²) < 4.78 is 12.0. The highest BCUT2D eigenvalue weighted by atomic mass is 16.6. The van der Waals surface area contributed by atoms with Crippen LogP contribution in [-0.4, -0.2) is 74.0 Å². The Labute approximate surface area is 285 Å². The molecule has 5 rings (SSSR count). The van der Waals surface area contributed by atoms with Crippen molar-refractivity contribution in [2.45, 2.75) is 140 Å². The van der Waals surface area contributed by atoms with Gasteiger partial charge in [-0.3, -0.25) is 4.79 Å². The summed E-state index contributed by atoms with van der Waals surface area (Å²) in [4.78, 5) is 26.4. The van der Waals surface area contributed by atoms with Gasteiger partial charge in [0, 0.05) is 17.8 Å². The van der Waals surface area contributed by atoms with Crippen molar-refractivity contribution in [3.63, 3.8) is 0 Å². The molecular formula is C39H57NO8. The summed E-state index contributed by atoms with van der Waals surface area (Å²) in [5.74, 6) is -2.49. The maximum atomic E-state index is 13.5. The lowest BCUT2D eigenvalue weighted by Gasteiger charge is -2.52. The van der Waals surface area contributed by atoms with Gasteiger partial charge >= 0.3 is 11.9 Å². The first-order valence-corrected chi connectivity index (χ1v) is 18.1. The van der Waals surface area contributed by atoms with Crippen LogP contribution in [0.1, 0.15) is 116 Å². The molecule has 0 amide bonds. The van der Waals surface area contributed by atoms with Crippen LogP contribution in [0, 0.1) is 22.7 Å². The number of esters is 2. The SMILES string of the molecule is CCCCCCCCCCCC(=O)O[C@@]12C[C@@H](C)[C@]34C=C(C)[C@H](O)[C@@]3(O)[C@H](O)C(COC(=O)c3ccccc3)=C[C@H](C4O)[C@]1(N)C2(C)C. The van der Waals surface area contributed by atoms with Crippen molar-refractivity contribution in [3.8, 4) is 0 Å². The van der Waals surface area contributed by atoms with E-state index < -0.39 is 70.3 Å². The number of carbonyl (C=O) groups excluding carboxylic acids is 2. The Morgan fingerprint density at radius 1 is 0.938 bits per heavy atom. The van der Waals surface area contributed by atoms with Gasteiger partial charge in [-0.25, -0.2) is 4.79 Å². The molecule has 2 saturated carbocycles. The highest BCUT2D eigenvalue weighted by molar-refractivity contribution is 5.89. The van der Waals surface area contributed by atoms with E-state index in [-0.39, 0.29) is 24.4 Å². The van der Waals surface area contributed by atoms with Gasteiger partial charge in [-0.2, -0.15) is 0 Å². The van der Waals surface area contributed by atoms with E-state index in [1.165, 1.54) is 32.1 Å². The molecule has 2 fully saturated rings. The van der Waals surface area contributed by atoms with E-state index in [9.17, 15) is 30.0 Å². The summed E-state index contributed by atoms with van der Waals surface area (Å²) in [6.07, 6.45) is 9.29. The van der Waals surface area contributed by atoms with Gasteiger partial charge in [0.2, 0.25) is 0 Å². The molecule has 4 aliphatic carbocycles. The molecule has 1 aromatic carbocycles. The van der Waals surface area contributed by atoms with Crippen molar-refractivity contribution in [2.75, 3.05) is 6.61 Å². The smallest absolute Gasteiger partial charge is 0.338 e. The highest BCUT2D eigenvalue weighted by Crippen LogP contribution is 2.77. The lowest BCUT2D eigenvalue weighted by molar-refractivity contribution is -0.217. The molecule has 0 aromatic heterocycles. The topological polar surface area (TPSA) is 160 Å². The van der Waals surface area contributed by atoms with Crippen molar-refractivity contribution >= 4 is 11.9 Å². The van der Waals surface area contributed by atoms with Crippen LogP contribution in [0.4, 0.5) is 0 Å². The van der Waals surface area contributed by atoms with Gasteiger partial charge in [0.15, 0.2) is 0 Å². The quantitative estimate of drug-likeness (QED) is 0.103. The molecule has 1 unspecified atom stereocenters. The summed E-state index contributed by atoms with van der Waals surface area (Å²) in [6, 6.07) is 8.41. The average Bonchev–Trinajstić information content (AvgIpc) is 3.35. The number of rotatable bonds is 14. The fourth-order valence-electron chi connectivity index (χ4n) is 9.78. The first-order valence-electron chi connectivity index (χ1n) is 18.1. The first kappa shape index (κ1) is 36.7. The fourth-order valence-corrected chi connectivity index (χ4v) is 9.78. The lowest BCUT2D eigenvalue weighted by Crippen LogP contribution is -2.66. The summed E-state index contributed by atoms with van der Waals surface area (Å²) in [5.41, 5.74) is 1.09. The van der Waals surface area contributed by atoms with Gasteiger partial charge in [-0.05, 0) is 49.0 Å². The number of aliphatic hydroxyl groups is 4. The monoisotopic (exact) mass is 667 g/mol. The molecule has 9 nitrogen and oxygen atoms in total. The third-order valence-electron chi connectivity index (χ3n) is 12.7. The average molecular weight is 668 g/mol. The van der Waals surface area contributed by atoms with Crippen molar-refractivity contribution in [2.24, 2.45) is 28.4 Å². The Balaban J connectivity index is 1.42. The first-order chi connectivity index (χ1) is 22.7. The molecule has 2 bridgehead atoms. The van der Waals surface area contributed by atoms with E-state index in [0.29, 0.717) is 17.6 Å². The Bertz CT molecular complexity index is 1410. The second-order valence-corrected chi connectivity index (χ2v) is 15.6. The third-order valence-corrected chi connectivity index (χ3v) is 12.7. The number of hydrogen-bond donors (Lipinski definition) is 5. The molecule has 0 heterocycles. The maximum Gasteiger partial charge on any atom is 0.338 e. The summed E-state index contributed by atoms with van der Waals surface area (Å²) >= 11 is 0. The van der Waals surface area contributed by atoms with Crippen molar-refractivity contribution in [3.05, 3.63) is 59.2 Å². The van der Waals surface area contributed by atoms with Gasteiger partial charge in [0.25, 0.3) is 0 Å². The minimum atomic E-state index is -2.27. The second kappa shape index (κ2) is 13.6. The molecule has 0 aliphatic heterocycles. The number of aliphatic hydroxyl groups excluding tert-OH is 3. The van der Waals surface area contributed by atoms with Crippen LogP contribution in [0.2, 0.25) is 0 Å².